The van der Waals surface area contributed by atoms with Crippen LogP contribution in [0.4, 0.5) is 0 Å². The zero-order valence-corrected chi connectivity index (χ0v) is 7.60. The number of rotatable bonds is 5. The van der Waals surface area contributed by atoms with Crippen LogP contribution in [0, 0.1) is 0 Å². The number of hydrogen-bond donors (Lipinski definition) is 1. The van der Waals surface area contributed by atoms with Gasteiger partial charge in [-0.1, -0.05) is 6.92 Å². The number of methoxy groups -OCH3 is 1. The molecular formula is C6H14O4S. The summed E-state index contributed by atoms with van der Waals surface area (Å²) < 4.78 is 33.8. The van der Waals surface area contributed by atoms with E-state index in [4.69, 9.17) is 9.29 Å². The van der Waals surface area contributed by atoms with Crippen molar-refractivity contribution in [2.24, 2.45) is 0 Å². The Hall–Kier alpha value is -0.130. The van der Waals surface area contributed by atoms with Crippen molar-refractivity contribution in [1.82, 2.24) is 0 Å². The highest BCUT2D eigenvalue weighted by Crippen LogP contribution is 2.03. The van der Waals surface area contributed by atoms with Crippen molar-refractivity contribution in [1.29, 1.82) is 0 Å². The third-order valence-corrected chi connectivity index (χ3v) is 2.24. The Kier molecular flexibility index (Phi) is 4.63. The lowest BCUT2D eigenvalue weighted by Gasteiger charge is -2.10. The van der Waals surface area contributed by atoms with Crippen molar-refractivity contribution < 1.29 is 17.7 Å². The van der Waals surface area contributed by atoms with E-state index in [1.54, 1.807) is 0 Å². The van der Waals surface area contributed by atoms with Gasteiger partial charge in [-0.2, -0.15) is 8.42 Å². The molecule has 0 aliphatic heterocycles. The number of ether oxygens (including phenoxy) is 1. The Morgan fingerprint density at radius 1 is 1.55 bits per heavy atom. The van der Waals surface area contributed by atoms with Crippen LogP contribution in [-0.2, 0) is 14.9 Å². The average Bonchev–Trinajstić information content (AvgIpc) is 1.88. The molecule has 5 heteroatoms. The van der Waals surface area contributed by atoms with E-state index in [1.165, 1.54) is 7.11 Å². The van der Waals surface area contributed by atoms with Gasteiger partial charge in [0.15, 0.2) is 0 Å². The van der Waals surface area contributed by atoms with Crippen LogP contribution in [0.15, 0.2) is 0 Å². The Morgan fingerprint density at radius 2 is 2.09 bits per heavy atom. The summed E-state index contributed by atoms with van der Waals surface area (Å²) in [6.45, 7) is 1.90. The van der Waals surface area contributed by atoms with Gasteiger partial charge in [-0.15, -0.1) is 0 Å². The minimum Gasteiger partial charge on any atom is -0.381 e. The first-order valence-corrected chi connectivity index (χ1v) is 5.08. The zero-order chi connectivity index (χ0) is 8.91. The van der Waals surface area contributed by atoms with Gasteiger partial charge >= 0.3 is 0 Å². The predicted molar refractivity (Wildman–Crippen MR) is 42.1 cm³/mol. The van der Waals surface area contributed by atoms with Gasteiger partial charge in [0.2, 0.25) is 0 Å². The minimum atomic E-state index is -3.82. The van der Waals surface area contributed by atoms with Gasteiger partial charge in [0, 0.05) is 7.11 Å². The van der Waals surface area contributed by atoms with Crippen LogP contribution in [0.25, 0.3) is 0 Å². The molecule has 1 unspecified atom stereocenters. The van der Waals surface area contributed by atoms with E-state index in [2.05, 4.69) is 0 Å². The van der Waals surface area contributed by atoms with E-state index in [9.17, 15) is 8.42 Å². The molecule has 0 amide bonds. The fraction of sp³-hybridized carbons (Fsp3) is 1.00. The van der Waals surface area contributed by atoms with Gasteiger partial charge in [0.05, 0.1) is 11.9 Å². The zero-order valence-electron chi connectivity index (χ0n) is 6.78. The van der Waals surface area contributed by atoms with Gasteiger partial charge in [-0.05, 0) is 12.8 Å². The van der Waals surface area contributed by atoms with E-state index >= 15 is 0 Å². The van der Waals surface area contributed by atoms with Gasteiger partial charge in [0.25, 0.3) is 10.1 Å². The lowest BCUT2D eigenvalue weighted by molar-refractivity contribution is 0.0966. The normalized spacial score (nSPS) is 14.8. The van der Waals surface area contributed by atoms with Crippen molar-refractivity contribution in [3.63, 3.8) is 0 Å². The third kappa shape index (κ3) is 6.28. The highest BCUT2D eigenvalue weighted by molar-refractivity contribution is 7.85. The fourth-order valence-corrected chi connectivity index (χ4v) is 1.33. The Morgan fingerprint density at radius 3 is 2.36 bits per heavy atom. The highest BCUT2D eigenvalue weighted by Gasteiger charge is 2.10. The van der Waals surface area contributed by atoms with E-state index < -0.39 is 10.1 Å². The Bertz CT molecular complexity index is 181. The van der Waals surface area contributed by atoms with Gasteiger partial charge < -0.3 is 4.74 Å². The quantitative estimate of drug-likeness (QED) is 0.635. The first kappa shape index (κ1) is 10.9. The van der Waals surface area contributed by atoms with Crippen LogP contribution in [0.3, 0.4) is 0 Å². The van der Waals surface area contributed by atoms with E-state index in [-0.39, 0.29) is 11.9 Å². The second kappa shape index (κ2) is 4.69. The molecule has 0 aromatic rings. The maximum Gasteiger partial charge on any atom is 0.264 e. The molecule has 0 rings (SSSR count). The lowest BCUT2D eigenvalue weighted by atomic mass is 10.2. The maximum atomic E-state index is 10.3. The molecule has 0 aliphatic rings. The Balaban J connectivity index is 3.69. The highest BCUT2D eigenvalue weighted by atomic mass is 32.2. The Labute approximate surface area is 67.3 Å². The summed E-state index contributed by atoms with van der Waals surface area (Å²) in [5.74, 6) is -0.223. The predicted octanol–water partition coefficient (Wildman–Crippen LogP) is 0.689. The second-order valence-corrected chi connectivity index (χ2v) is 3.91. The topological polar surface area (TPSA) is 63.6 Å². The van der Waals surface area contributed by atoms with Crippen LogP contribution in [0.2, 0.25) is 0 Å². The summed E-state index contributed by atoms with van der Waals surface area (Å²) in [5, 5.41) is 0. The van der Waals surface area contributed by atoms with Crippen LogP contribution >= 0.6 is 0 Å². The lowest BCUT2D eigenvalue weighted by Crippen LogP contribution is -2.15. The fourth-order valence-electron chi connectivity index (χ4n) is 0.769. The van der Waals surface area contributed by atoms with Crippen LogP contribution in [0.1, 0.15) is 19.8 Å². The van der Waals surface area contributed by atoms with Gasteiger partial charge in [-0.3, -0.25) is 4.55 Å². The summed E-state index contributed by atoms with van der Waals surface area (Å²) in [5.41, 5.74) is 0. The van der Waals surface area contributed by atoms with Crippen molar-refractivity contribution in [2.75, 3.05) is 12.9 Å². The molecule has 0 fully saturated rings. The molecule has 0 saturated heterocycles. The van der Waals surface area contributed by atoms with E-state index in [1.807, 2.05) is 6.92 Å². The largest absolute Gasteiger partial charge is 0.381 e. The summed E-state index contributed by atoms with van der Waals surface area (Å²) >= 11 is 0. The summed E-state index contributed by atoms with van der Waals surface area (Å²) in [6, 6.07) is 0. The first-order chi connectivity index (χ1) is 4.99. The molecule has 0 aliphatic carbocycles. The molecule has 68 valence electrons. The van der Waals surface area contributed by atoms with Crippen LogP contribution in [0.5, 0.6) is 0 Å². The van der Waals surface area contributed by atoms with Gasteiger partial charge in [-0.25, -0.2) is 0 Å². The summed E-state index contributed by atoms with van der Waals surface area (Å²) in [4.78, 5) is 0. The summed E-state index contributed by atoms with van der Waals surface area (Å²) in [6.07, 6.45) is 1.04. The molecule has 11 heavy (non-hydrogen) atoms. The molecular weight excluding hydrogens is 168 g/mol. The van der Waals surface area contributed by atoms with Crippen molar-refractivity contribution in [2.45, 2.75) is 25.9 Å². The monoisotopic (exact) mass is 182 g/mol. The van der Waals surface area contributed by atoms with Crippen molar-refractivity contribution in [3.05, 3.63) is 0 Å². The van der Waals surface area contributed by atoms with Crippen molar-refractivity contribution >= 4 is 10.1 Å². The van der Waals surface area contributed by atoms with E-state index in [0.29, 0.717) is 6.42 Å². The third-order valence-electron chi connectivity index (χ3n) is 1.49. The van der Waals surface area contributed by atoms with Crippen LogP contribution in [-0.4, -0.2) is 31.9 Å². The molecule has 0 radical (unpaired) electrons. The van der Waals surface area contributed by atoms with Crippen molar-refractivity contribution in [3.8, 4) is 0 Å². The van der Waals surface area contributed by atoms with Crippen LogP contribution < -0.4 is 0 Å². The molecule has 1 atom stereocenters. The average molecular weight is 182 g/mol. The molecule has 0 heterocycles. The smallest absolute Gasteiger partial charge is 0.264 e. The van der Waals surface area contributed by atoms with Gasteiger partial charge in [0.1, 0.15) is 0 Å². The molecule has 4 nitrogen and oxygen atoms in total. The molecule has 0 aromatic carbocycles. The summed E-state index contributed by atoms with van der Waals surface area (Å²) in [7, 11) is -2.29. The number of hydrogen-bond acceptors (Lipinski definition) is 3. The standard InChI is InChI=1S/C6H14O4S/c1-3-6(10-2)4-5-11(7,8)9/h6H,3-5H2,1-2H3,(H,7,8,9). The molecule has 0 bridgehead atoms. The molecule has 0 saturated carbocycles. The minimum absolute atomic E-state index is 0.0723. The SMILES string of the molecule is CCC(CCS(=O)(=O)O)OC. The molecule has 0 aromatic heterocycles. The molecule has 1 N–H and O–H groups in total. The first-order valence-electron chi connectivity index (χ1n) is 3.47. The maximum absolute atomic E-state index is 10.3. The second-order valence-electron chi connectivity index (χ2n) is 2.34. The van der Waals surface area contributed by atoms with E-state index in [0.717, 1.165) is 6.42 Å². The molecule has 0 spiro atoms.